The Balaban J connectivity index is 0.000000285. The molecule has 5 nitrogen and oxygen atoms in total. The number of nitrogens with zero attached hydrogens (tertiary/aromatic N) is 1. The van der Waals surface area contributed by atoms with Crippen LogP contribution >= 0.6 is 11.5 Å². The molecule has 1 aromatic heterocycles. The fraction of sp³-hybridized carbons (Fsp3) is 0.231. The molecular formula is C26H32N2O3S. The first-order valence-electron chi connectivity index (χ1n) is 10.0. The van der Waals surface area contributed by atoms with Crippen molar-refractivity contribution in [3.05, 3.63) is 84.7 Å². The molecule has 3 rings (SSSR count). The van der Waals surface area contributed by atoms with Gasteiger partial charge >= 0.3 is 0 Å². The maximum atomic E-state index is 6.45. The maximum Gasteiger partial charge on any atom is 0.203 e. The van der Waals surface area contributed by atoms with E-state index in [9.17, 15) is 0 Å². The van der Waals surface area contributed by atoms with Gasteiger partial charge in [-0.2, -0.15) is 0 Å². The summed E-state index contributed by atoms with van der Waals surface area (Å²) in [6.45, 7) is 7.66. The average Bonchev–Trinajstić information content (AvgIpc) is 3.29. The van der Waals surface area contributed by atoms with Gasteiger partial charge in [0, 0.05) is 18.0 Å². The van der Waals surface area contributed by atoms with Crippen LogP contribution in [0.3, 0.4) is 0 Å². The number of benzene rings is 1. The molecule has 0 spiro atoms. The van der Waals surface area contributed by atoms with Gasteiger partial charge in [-0.05, 0) is 56.1 Å². The molecule has 1 aliphatic rings. The van der Waals surface area contributed by atoms with E-state index in [2.05, 4.69) is 49.1 Å². The Bertz CT molecular complexity index is 916. The zero-order valence-electron chi connectivity index (χ0n) is 19.4. The van der Waals surface area contributed by atoms with Crippen LogP contribution < -0.4 is 14.2 Å². The van der Waals surface area contributed by atoms with Crippen LogP contribution in [0.5, 0.6) is 17.2 Å². The molecule has 2 aromatic rings. The van der Waals surface area contributed by atoms with Crippen molar-refractivity contribution in [1.29, 1.82) is 5.41 Å². The van der Waals surface area contributed by atoms with Crippen molar-refractivity contribution in [3.63, 3.8) is 0 Å². The van der Waals surface area contributed by atoms with Gasteiger partial charge in [0.1, 0.15) is 0 Å². The van der Waals surface area contributed by atoms with E-state index in [1.165, 1.54) is 28.9 Å². The van der Waals surface area contributed by atoms with E-state index in [0.717, 1.165) is 16.9 Å². The highest BCUT2D eigenvalue weighted by atomic mass is 32.1. The number of allylic oxidation sites excluding steroid dienone is 9. The fourth-order valence-electron chi connectivity index (χ4n) is 2.55. The quantitative estimate of drug-likeness (QED) is 0.377. The molecule has 0 fully saturated rings. The van der Waals surface area contributed by atoms with Crippen LogP contribution in [0.25, 0.3) is 10.4 Å². The molecule has 1 aromatic carbocycles. The lowest BCUT2D eigenvalue weighted by atomic mass is 10.1. The van der Waals surface area contributed by atoms with E-state index in [0.29, 0.717) is 17.2 Å². The topological polar surface area (TPSA) is 64.4 Å². The molecule has 1 N–H and O–H groups in total. The molecular weight excluding hydrogens is 420 g/mol. The first-order valence-corrected chi connectivity index (χ1v) is 10.8. The molecule has 0 atom stereocenters. The minimum absolute atomic E-state index is 0.600. The first-order chi connectivity index (χ1) is 15.5. The molecule has 0 amide bonds. The summed E-state index contributed by atoms with van der Waals surface area (Å²) in [6.07, 6.45) is 17.8. The molecule has 0 aliphatic heterocycles. The van der Waals surface area contributed by atoms with Gasteiger partial charge in [-0.15, -0.1) is 0 Å². The lowest BCUT2D eigenvalue weighted by Gasteiger charge is -2.13. The second-order valence-corrected chi connectivity index (χ2v) is 7.38. The van der Waals surface area contributed by atoms with E-state index in [-0.39, 0.29) is 0 Å². The van der Waals surface area contributed by atoms with Crippen molar-refractivity contribution < 1.29 is 14.2 Å². The lowest BCUT2D eigenvalue weighted by Crippen LogP contribution is -1.95. The Morgan fingerprint density at radius 3 is 1.94 bits per heavy atom. The third-order valence-corrected chi connectivity index (χ3v) is 5.01. The molecule has 0 radical (unpaired) electrons. The van der Waals surface area contributed by atoms with Gasteiger partial charge < -0.3 is 19.6 Å². The van der Waals surface area contributed by atoms with Crippen molar-refractivity contribution in [2.75, 3.05) is 21.3 Å². The Morgan fingerprint density at radius 1 is 0.969 bits per heavy atom. The van der Waals surface area contributed by atoms with Gasteiger partial charge in [0.25, 0.3) is 0 Å². The number of hydrogen-bond acceptors (Lipinski definition) is 6. The van der Waals surface area contributed by atoms with Crippen LogP contribution in [0.4, 0.5) is 0 Å². The third kappa shape index (κ3) is 9.18. The molecule has 0 saturated heterocycles. The van der Waals surface area contributed by atoms with Gasteiger partial charge in [0.15, 0.2) is 11.5 Å². The summed E-state index contributed by atoms with van der Waals surface area (Å²) in [5, 5.41) is 6.45. The fourth-order valence-corrected chi connectivity index (χ4v) is 3.13. The number of rotatable bonds is 6. The maximum absolute atomic E-state index is 6.45. The molecule has 170 valence electrons. The monoisotopic (exact) mass is 452 g/mol. The summed E-state index contributed by atoms with van der Waals surface area (Å²) in [7, 11) is 4.80. The van der Waals surface area contributed by atoms with Gasteiger partial charge in [-0.1, -0.05) is 54.2 Å². The van der Waals surface area contributed by atoms with Crippen molar-refractivity contribution in [2.24, 2.45) is 0 Å². The third-order valence-electron chi connectivity index (χ3n) is 4.22. The molecule has 0 bridgehead atoms. The molecule has 32 heavy (non-hydrogen) atoms. The Kier molecular flexibility index (Phi) is 12.8. The summed E-state index contributed by atoms with van der Waals surface area (Å²) < 4.78 is 19.9. The van der Waals surface area contributed by atoms with Crippen LogP contribution in [0.15, 0.2) is 84.7 Å². The van der Waals surface area contributed by atoms with Crippen LogP contribution in [-0.2, 0) is 0 Å². The predicted octanol–water partition coefficient (Wildman–Crippen LogP) is 7.05. The van der Waals surface area contributed by atoms with Crippen LogP contribution in [0.1, 0.15) is 20.3 Å². The summed E-state index contributed by atoms with van der Waals surface area (Å²) in [6, 6.07) is 5.77. The highest BCUT2D eigenvalue weighted by Crippen LogP contribution is 2.41. The Morgan fingerprint density at radius 2 is 1.56 bits per heavy atom. The predicted molar refractivity (Wildman–Crippen MR) is 137 cm³/mol. The number of ether oxygens (including phenoxy) is 3. The summed E-state index contributed by atoms with van der Waals surface area (Å²) >= 11 is 1.43. The van der Waals surface area contributed by atoms with Gasteiger partial charge in [-0.3, -0.25) is 0 Å². The van der Waals surface area contributed by atoms with Crippen molar-refractivity contribution in [1.82, 2.24) is 4.37 Å². The molecule has 0 unspecified atom stereocenters. The molecule has 1 aliphatic carbocycles. The number of aromatic nitrogens is 1. The van der Waals surface area contributed by atoms with Crippen molar-refractivity contribution in [3.8, 4) is 27.7 Å². The molecule has 1 heterocycles. The zero-order chi connectivity index (χ0) is 23.8. The van der Waals surface area contributed by atoms with E-state index >= 15 is 0 Å². The van der Waals surface area contributed by atoms with Gasteiger partial charge in [0.2, 0.25) is 5.75 Å². The zero-order valence-corrected chi connectivity index (χ0v) is 20.2. The first kappa shape index (κ1) is 26.7. The number of hydrogen-bond donors (Lipinski definition) is 1. The second kappa shape index (κ2) is 15.4. The van der Waals surface area contributed by atoms with Crippen molar-refractivity contribution in [2.45, 2.75) is 20.3 Å². The summed E-state index contributed by atoms with van der Waals surface area (Å²) in [5.41, 5.74) is 3.73. The van der Waals surface area contributed by atoms with Gasteiger partial charge in [-0.25, -0.2) is 4.37 Å². The van der Waals surface area contributed by atoms with Gasteiger partial charge in [0.05, 0.1) is 26.2 Å². The molecule has 6 heteroatoms. The van der Waals surface area contributed by atoms with Crippen LogP contribution in [0.2, 0.25) is 0 Å². The van der Waals surface area contributed by atoms with Crippen LogP contribution in [0, 0.1) is 5.41 Å². The Labute approximate surface area is 195 Å². The molecule has 0 saturated carbocycles. The SMILES string of the molecule is C=C/C=C\C=N.CC1=CCC=C(C)C=C1.COc1cc(-c2ccns2)cc(OC)c1OC. The average molecular weight is 453 g/mol. The number of nitrogens with one attached hydrogen (secondary N) is 1. The Hall–Kier alpha value is -3.38. The highest BCUT2D eigenvalue weighted by Gasteiger charge is 2.14. The largest absolute Gasteiger partial charge is 0.493 e. The minimum Gasteiger partial charge on any atom is -0.493 e. The normalized spacial score (nSPS) is 12.2. The lowest BCUT2D eigenvalue weighted by molar-refractivity contribution is 0.324. The summed E-state index contributed by atoms with van der Waals surface area (Å²) in [5.74, 6) is 1.90. The number of methoxy groups -OCH3 is 3. The highest BCUT2D eigenvalue weighted by molar-refractivity contribution is 7.09. The van der Waals surface area contributed by atoms with Crippen molar-refractivity contribution >= 4 is 17.7 Å². The van der Waals surface area contributed by atoms with E-state index in [1.807, 2.05) is 18.2 Å². The van der Waals surface area contributed by atoms with E-state index in [4.69, 9.17) is 19.6 Å². The smallest absolute Gasteiger partial charge is 0.203 e. The summed E-state index contributed by atoms with van der Waals surface area (Å²) in [4.78, 5) is 1.06. The van der Waals surface area contributed by atoms with E-state index < -0.39 is 0 Å². The second-order valence-electron chi connectivity index (χ2n) is 6.54. The van der Waals surface area contributed by atoms with E-state index in [1.54, 1.807) is 45.8 Å². The minimum atomic E-state index is 0.600. The standard InChI is InChI=1S/C12H13NO3S.C9H12.C5H7N/c1-14-9-6-8(11-4-5-13-17-11)7-10(15-2)12(9)16-3;1-8-4-3-5-9(2)7-6-8;1-2-3-4-5-6/h4-7H,1-3H3;4-7H,3H2,1-2H3;2-6H,1H2/b;;4-3-,6-5?. The van der Waals surface area contributed by atoms with Crippen LogP contribution in [-0.4, -0.2) is 31.9 Å².